The Bertz CT molecular complexity index is 1010. The van der Waals surface area contributed by atoms with E-state index in [1.165, 1.54) is 37.3 Å². The summed E-state index contributed by atoms with van der Waals surface area (Å²) in [7, 11) is 0. The second-order valence-corrected chi connectivity index (χ2v) is 5.89. The molecule has 0 unspecified atom stereocenters. The average Bonchev–Trinajstić information content (AvgIpc) is 3.01. The first-order valence-electron chi connectivity index (χ1n) is 7.69. The standard InChI is InChI=1S/C18H13ClFN3O4/c1-9-14(16(23-27-9)15-11(19)6-4-7-12(15)20)18(26)22-21-17(25)10-5-2-3-8-13(10)24/h2-8,24H,1H3,(H,21,25)(H,22,26). The van der Waals surface area contributed by atoms with Gasteiger partial charge in [-0.15, -0.1) is 0 Å². The topological polar surface area (TPSA) is 104 Å². The molecule has 0 fully saturated rings. The Morgan fingerprint density at radius 2 is 1.81 bits per heavy atom. The highest BCUT2D eigenvalue weighted by Crippen LogP contribution is 2.33. The number of para-hydroxylation sites is 1. The van der Waals surface area contributed by atoms with Crippen LogP contribution < -0.4 is 10.9 Å². The smallest absolute Gasteiger partial charge is 0.275 e. The molecule has 0 aliphatic carbocycles. The molecule has 3 N–H and O–H groups in total. The van der Waals surface area contributed by atoms with Gasteiger partial charge in [-0.3, -0.25) is 20.4 Å². The van der Waals surface area contributed by atoms with Crippen molar-refractivity contribution in [3.8, 4) is 17.0 Å². The minimum Gasteiger partial charge on any atom is -0.507 e. The van der Waals surface area contributed by atoms with Gasteiger partial charge in [0, 0.05) is 0 Å². The monoisotopic (exact) mass is 389 g/mol. The number of benzene rings is 2. The van der Waals surface area contributed by atoms with E-state index in [0.717, 1.165) is 0 Å². The third kappa shape index (κ3) is 3.61. The predicted molar refractivity (Wildman–Crippen MR) is 94.7 cm³/mol. The lowest BCUT2D eigenvalue weighted by atomic mass is 10.1. The number of aromatic hydroxyl groups is 1. The number of phenolic OH excluding ortho intramolecular Hbond substituents is 1. The Kier molecular flexibility index (Phi) is 5.09. The van der Waals surface area contributed by atoms with E-state index >= 15 is 0 Å². The number of halogens is 2. The molecular formula is C18H13ClFN3O4. The largest absolute Gasteiger partial charge is 0.507 e. The Morgan fingerprint density at radius 1 is 1.11 bits per heavy atom. The van der Waals surface area contributed by atoms with Crippen LogP contribution in [-0.4, -0.2) is 22.1 Å². The molecule has 0 spiro atoms. The number of aryl methyl sites for hydroxylation is 1. The molecule has 2 amide bonds. The molecule has 0 radical (unpaired) electrons. The normalized spacial score (nSPS) is 10.5. The Morgan fingerprint density at radius 3 is 2.52 bits per heavy atom. The minimum atomic E-state index is -0.785. The maximum Gasteiger partial charge on any atom is 0.275 e. The van der Waals surface area contributed by atoms with E-state index in [1.54, 1.807) is 12.1 Å². The van der Waals surface area contributed by atoms with E-state index < -0.39 is 17.6 Å². The lowest BCUT2D eigenvalue weighted by Gasteiger charge is -2.09. The Hall–Kier alpha value is -3.39. The van der Waals surface area contributed by atoms with Crippen molar-refractivity contribution in [1.82, 2.24) is 16.0 Å². The molecule has 0 aliphatic heterocycles. The van der Waals surface area contributed by atoms with Gasteiger partial charge in [-0.1, -0.05) is 35.0 Å². The summed E-state index contributed by atoms with van der Waals surface area (Å²) in [6.07, 6.45) is 0. The number of carbonyl (C=O) groups excluding carboxylic acids is 2. The first-order chi connectivity index (χ1) is 12.9. The predicted octanol–water partition coefficient (Wildman–Crippen LogP) is 3.22. The van der Waals surface area contributed by atoms with Gasteiger partial charge >= 0.3 is 0 Å². The van der Waals surface area contributed by atoms with Crippen molar-refractivity contribution in [3.63, 3.8) is 0 Å². The maximum atomic E-state index is 14.2. The summed E-state index contributed by atoms with van der Waals surface area (Å²) in [5, 5.41) is 13.4. The van der Waals surface area contributed by atoms with Crippen LogP contribution in [0.4, 0.5) is 4.39 Å². The summed E-state index contributed by atoms with van der Waals surface area (Å²) < 4.78 is 19.2. The summed E-state index contributed by atoms with van der Waals surface area (Å²) in [6, 6.07) is 9.86. The zero-order valence-corrected chi connectivity index (χ0v) is 14.7. The number of nitrogens with zero attached hydrogens (tertiary/aromatic N) is 1. The Balaban J connectivity index is 1.85. The van der Waals surface area contributed by atoms with Crippen LogP contribution >= 0.6 is 11.6 Å². The molecule has 2 aromatic carbocycles. The van der Waals surface area contributed by atoms with Crippen molar-refractivity contribution in [3.05, 3.63) is 70.2 Å². The average molecular weight is 390 g/mol. The van der Waals surface area contributed by atoms with Gasteiger partial charge in [-0.2, -0.15) is 0 Å². The van der Waals surface area contributed by atoms with Gasteiger partial charge in [-0.25, -0.2) is 4.39 Å². The van der Waals surface area contributed by atoms with Crippen LogP contribution in [-0.2, 0) is 0 Å². The molecule has 1 heterocycles. The highest BCUT2D eigenvalue weighted by Gasteiger charge is 2.25. The molecule has 9 heteroatoms. The fourth-order valence-corrected chi connectivity index (χ4v) is 2.70. The zero-order valence-electron chi connectivity index (χ0n) is 13.9. The van der Waals surface area contributed by atoms with Crippen molar-refractivity contribution >= 4 is 23.4 Å². The van der Waals surface area contributed by atoms with Crippen LogP contribution in [0.25, 0.3) is 11.3 Å². The number of hydrogen-bond donors (Lipinski definition) is 3. The summed E-state index contributed by atoms with van der Waals surface area (Å²) >= 11 is 6.02. The van der Waals surface area contributed by atoms with Gasteiger partial charge in [-0.05, 0) is 31.2 Å². The van der Waals surface area contributed by atoms with Crippen LogP contribution in [0.15, 0.2) is 47.0 Å². The van der Waals surface area contributed by atoms with E-state index in [1.807, 2.05) is 0 Å². The van der Waals surface area contributed by atoms with Crippen LogP contribution in [0.5, 0.6) is 5.75 Å². The summed E-state index contributed by atoms with van der Waals surface area (Å²) in [5.41, 5.74) is 4.06. The van der Waals surface area contributed by atoms with Crippen molar-refractivity contribution in [2.75, 3.05) is 0 Å². The van der Waals surface area contributed by atoms with Gasteiger partial charge in [0.05, 0.1) is 16.1 Å². The molecule has 0 aliphatic rings. The molecule has 0 saturated heterocycles. The fraction of sp³-hybridized carbons (Fsp3) is 0.0556. The van der Waals surface area contributed by atoms with Crippen LogP contribution in [0, 0.1) is 12.7 Å². The maximum absolute atomic E-state index is 14.2. The molecule has 3 rings (SSSR count). The first kappa shape index (κ1) is 18.4. The zero-order chi connectivity index (χ0) is 19.6. The van der Waals surface area contributed by atoms with Crippen molar-refractivity contribution in [2.45, 2.75) is 6.92 Å². The van der Waals surface area contributed by atoms with E-state index in [-0.39, 0.29) is 38.9 Å². The van der Waals surface area contributed by atoms with Crippen LogP contribution in [0.1, 0.15) is 26.5 Å². The molecule has 0 atom stereocenters. The number of hydrogen-bond acceptors (Lipinski definition) is 5. The van der Waals surface area contributed by atoms with Gasteiger partial charge in [0.1, 0.15) is 28.6 Å². The molecule has 0 bridgehead atoms. The molecular weight excluding hydrogens is 377 g/mol. The highest BCUT2D eigenvalue weighted by atomic mass is 35.5. The van der Waals surface area contributed by atoms with Crippen molar-refractivity contribution in [2.24, 2.45) is 0 Å². The first-order valence-corrected chi connectivity index (χ1v) is 8.07. The SMILES string of the molecule is Cc1onc(-c2c(F)cccc2Cl)c1C(=O)NNC(=O)c1ccccc1O. The van der Waals surface area contributed by atoms with Gasteiger partial charge in [0.25, 0.3) is 11.8 Å². The van der Waals surface area contributed by atoms with Gasteiger partial charge in [0.15, 0.2) is 0 Å². The van der Waals surface area contributed by atoms with Gasteiger partial charge in [0.2, 0.25) is 0 Å². The van der Waals surface area contributed by atoms with Crippen LogP contribution in [0.3, 0.4) is 0 Å². The highest BCUT2D eigenvalue weighted by molar-refractivity contribution is 6.33. The summed E-state index contributed by atoms with van der Waals surface area (Å²) in [4.78, 5) is 24.6. The fourth-order valence-electron chi connectivity index (χ4n) is 2.44. The number of phenols is 1. The number of carbonyl (C=O) groups is 2. The quantitative estimate of drug-likeness (QED) is 0.596. The van der Waals surface area contributed by atoms with E-state index in [2.05, 4.69) is 16.0 Å². The van der Waals surface area contributed by atoms with E-state index in [0.29, 0.717) is 0 Å². The molecule has 3 aromatic rings. The third-order valence-electron chi connectivity index (χ3n) is 3.73. The van der Waals surface area contributed by atoms with Crippen LogP contribution in [0.2, 0.25) is 5.02 Å². The molecule has 27 heavy (non-hydrogen) atoms. The number of rotatable bonds is 3. The van der Waals surface area contributed by atoms with Gasteiger partial charge < -0.3 is 9.63 Å². The third-order valence-corrected chi connectivity index (χ3v) is 4.04. The van der Waals surface area contributed by atoms with E-state index in [4.69, 9.17) is 16.1 Å². The van der Waals surface area contributed by atoms with E-state index in [9.17, 15) is 19.1 Å². The number of hydrazine groups is 1. The van der Waals surface area contributed by atoms with Crippen molar-refractivity contribution in [1.29, 1.82) is 0 Å². The molecule has 7 nitrogen and oxygen atoms in total. The summed E-state index contributed by atoms with van der Waals surface area (Å²) in [5.74, 6) is -2.33. The minimum absolute atomic E-state index is 0.0304. The molecule has 138 valence electrons. The number of nitrogens with one attached hydrogen (secondary N) is 2. The van der Waals surface area contributed by atoms with Crippen molar-refractivity contribution < 1.29 is 23.6 Å². The molecule has 0 saturated carbocycles. The molecule has 1 aromatic heterocycles. The Labute approximate surface area is 157 Å². The number of aromatic nitrogens is 1. The second-order valence-electron chi connectivity index (χ2n) is 5.48. The lowest BCUT2D eigenvalue weighted by molar-refractivity contribution is 0.0844. The lowest BCUT2D eigenvalue weighted by Crippen LogP contribution is -2.41. The summed E-state index contributed by atoms with van der Waals surface area (Å²) in [6.45, 7) is 1.46. The second kappa shape index (κ2) is 7.46. The number of amides is 2.